The van der Waals surface area contributed by atoms with E-state index in [1.807, 2.05) is 43.5 Å². The largest absolute Gasteiger partial charge is 0.490 e. The van der Waals surface area contributed by atoms with Crippen LogP contribution >= 0.6 is 23.2 Å². The van der Waals surface area contributed by atoms with Gasteiger partial charge in [-0.05, 0) is 79.8 Å². The van der Waals surface area contributed by atoms with Gasteiger partial charge in [-0.15, -0.1) is 0 Å². The van der Waals surface area contributed by atoms with Crippen molar-refractivity contribution >= 4 is 52.5 Å². The summed E-state index contributed by atoms with van der Waals surface area (Å²) >= 11 is 12.7. The zero-order chi connectivity index (χ0) is 33.3. The molecule has 0 radical (unpaired) electrons. The van der Waals surface area contributed by atoms with Crippen LogP contribution in [0.5, 0.6) is 5.75 Å². The highest BCUT2D eigenvalue weighted by Crippen LogP contribution is 2.36. The number of hydrogen-bond acceptors (Lipinski definition) is 7. The molecule has 246 valence electrons. The number of carbonyl (C=O) groups is 3. The van der Waals surface area contributed by atoms with Crippen LogP contribution in [0.25, 0.3) is 11.1 Å². The lowest BCUT2D eigenvalue weighted by Gasteiger charge is -2.30. The molecule has 0 saturated carbocycles. The van der Waals surface area contributed by atoms with Gasteiger partial charge in [0.2, 0.25) is 5.91 Å². The van der Waals surface area contributed by atoms with Crippen LogP contribution in [0.2, 0.25) is 10.0 Å². The van der Waals surface area contributed by atoms with Crippen LogP contribution in [0.1, 0.15) is 42.9 Å². The van der Waals surface area contributed by atoms with Crippen LogP contribution in [-0.4, -0.2) is 54.1 Å². The standard InChI is InChI=1S/C35H36Cl2N4O6/c1-3-45-34(43)15-14-33(42)39-26-12-13-30(37)24(19-26)21-40-22-25(20-38-40)27-7-4-10-31-28(27)8-6-16-41(31)35(44)47-18-17-46-32-11-5-9-29(36)23(32)2/h4-5,7,9-13,19-20,22H,3,6,8,14-18,21H2,1-2H3,(H,39,42). The summed E-state index contributed by atoms with van der Waals surface area (Å²) in [7, 11) is 0. The average Bonchev–Trinajstić information content (AvgIpc) is 3.53. The maximum Gasteiger partial charge on any atom is 0.414 e. The lowest BCUT2D eigenvalue weighted by Crippen LogP contribution is -2.36. The SMILES string of the molecule is CCOC(=O)CCC(=O)Nc1ccc(Cl)c(Cn2cc(-c3cccc4c3CCCN4C(=O)OCCOc3cccc(Cl)c3C)cn2)c1. The van der Waals surface area contributed by atoms with E-state index in [1.165, 1.54) is 0 Å². The van der Waals surface area contributed by atoms with Crippen molar-refractivity contribution in [1.29, 1.82) is 0 Å². The lowest BCUT2D eigenvalue weighted by molar-refractivity contribution is -0.144. The summed E-state index contributed by atoms with van der Waals surface area (Å²) in [6.45, 7) is 5.11. The molecular formula is C35H36Cl2N4O6. The third-order valence-electron chi connectivity index (χ3n) is 7.72. The maximum atomic E-state index is 13.1. The molecule has 1 N–H and O–H groups in total. The Morgan fingerprint density at radius 1 is 0.979 bits per heavy atom. The number of rotatable bonds is 12. The Balaban J connectivity index is 1.22. The minimum absolute atomic E-state index is 0.0117. The first-order valence-corrected chi connectivity index (χ1v) is 16.2. The first-order valence-electron chi connectivity index (χ1n) is 15.4. The number of nitrogens with one attached hydrogen (secondary N) is 1. The number of aromatic nitrogens is 2. The fraction of sp³-hybridized carbons (Fsp3) is 0.314. The highest BCUT2D eigenvalue weighted by atomic mass is 35.5. The number of nitrogens with zero attached hydrogens (tertiary/aromatic N) is 3. The molecule has 0 atom stereocenters. The normalized spacial score (nSPS) is 12.3. The van der Waals surface area contributed by atoms with Gasteiger partial charge >= 0.3 is 12.1 Å². The number of amides is 2. The number of benzene rings is 3. The smallest absolute Gasteiger partial charge is 0.414 e. The molecule has 0 aliphatic carbocycles. The molecule has 1 aliphatic heterocycles. The summed E-state index contributed by atoms with van der Waals surface area (Å²) < 4.78 is 18.0. The van der Waals surface area contributed by atoms with Gasteiger partial charge in [0.15, 0.2) is 0 Å². The summed E-state index contributed by atoms with van der Waals surface area (Å²) in [6.07, 6.45) is 4.93. The van der Waals surface area contributed by atoms with Crippen molar-refractivity contribution < 1.29 is 28.6 Å². The van der Waals surface area contributed by atoms with Gasteiger partial charge < -0.3 is 19.5 Å². The molecule has 3 aromatic carbocycles. The number of ether oxygens (including phenoxy) is 3. The highest BCUT2D eigenvalue weighted by molar-refractivity contribution is 6.31. The molecule has 0 saturated heterocycles. The molecular weight excluding hydrogens is 643 g/mol. The monoisotopic (exact) mass is 678 g/mol. The molecule has 0 unspecified atom stereocenters. The van der Waals surface area contributed by atoms with E-state index in [0.29, 0.717) is 34.6 Å². The first kappa shape index (κ1) is 33.8. The maximum absolute atomic E-state index is 13.1. The quantitative estimate of drug-likeness (QED) is 0.122. The van der Waals surface area contributed by atoms with Crippen molar-refractivity contribution in [2.45, 2.75) is 46.1 Å². The molecule has 4 aromatic rings. The van der Waals surface area contributed by atoms with E-state index in [-0.39, 0.29) is 38.6 Å². The minimum Gasteiger partial charge on any atom is -0.490 e. The summed E-state index contributed by atoms with van der Waals surface area (Å²) in [6, 6.07) is 16.5. The second-order valence-corrected chi connectivity index (χ2v) is 11.8. The Kier molecular flexibility index (Phi) is 11.4. The van der Waals surface area contributed by atoms with E-state index in [1.54, 1.807) is 47.0 Å². The van der Waals surface area contributed by atoms with Crippen LogP contribution in [0.15, 0.2) is 67.0 Å². The van der Waals surface area contributed by atoms with Gasteiger partial charge in [-0.2, -0.15) is 5.10 Å². The lowest BCUT2D eigenvalue weighted by atomic mass is 9.93. The van der Waals surface area contributed by atoms with Gasteiger partial charge in [0.1, 0.15) is 19.0 Å². The van der Waals surface area contributed by atoms with Crippen LogP contribution in [0, 0.1) is 6.92 Å². The van der Waals surface area contributed by atoms with Crippen molar-refractivity contribution in [2.24, 2.45) is 0 Å². The molecule has 2 heterocycles. The highest BCUT2D eigenvalue weighted by Gasteiger charge is 2.26. The molecule has 0 fully saturated rings. The molecule has 0 bridgehead atoms. The van der Waals surface area contributed by atoms with E-state index < -0.39 is 12.1 Å². The predicted molar refractivity (Wildman–Crippen MR) is 181 cm³/mol. The number of hydrogen-bond donors (Lipinski definition) is 1. The van der Waals surface area contributed by atoms with Crippen LogP contribution in [-0.2, 0) is 32.0 Å². The zero-order valence-corrected chi connectivity index (χ0v) is 27.8. The van der Waals surface area contributed by atoms with Crippen LogP contribution < -0.4 is 15.0 Å². The van der Waals surface area contributed by atoms with Crippen LogP contribution in [0.3, 0.4) is 0 Å². The van der Waals surface area contributed by atoms with Crippen LogP contribution in [0.4, 0.5) is 16.2 Å². The number of halogens is 2. The third kappa shape index (κ3) is 8.64. The topological polar surface area (TPSA) is 112 Å². The van der Waals surface area contributed by atoms with Gasteiger partial charge in [-0.25, -0.2) is 4.79 Å². The molecule has 1 aliphatic rings. The van der Waals surface area contributed by atoms with Gasteiger partial charge in [-0.1, -0.05) is 41.4 Å². The Morgan fingerprint density at radius 2 is 1.81 bits per heavy atom. The molecule has 12 heteroatoms. The molecule has 1 aromatic heterocycles. The summed E-state index contributed by atoms with van der Waals surface area (Å²) in [5.74, 6) is -0.0422. The minimum atomic E-state index is -0.423. The molecule has 10 nitrogen and oxygen atoms in total. The second-order valence-electron chi connectivity index (χ2n) is 11.0. The van der Waals surface area contributed by atoms with E-state index >= 15 is 0 Å². The number of anilines is 2. The predicted octanol–water partition coefficient (Wildman–Crippen LogP) is 7.46. The van der Waals surface area contributed by atoms with Gasteiger partial charge in [0.25, 0.3) is 0 Å². The third-order valence-corrected chi connectivity index (χ3v) is 8.50. The van der Waals surface area contributed by atoms with Gasteiger partial charge in [0, 0.05) is 46.0 Å². The average molecular weight is 680 g/mol. The number of carbonyl (C=O) groups excluding carboxylic acids is 3. The fourth-order valence-electron chi connectivity index (χ4n) is 5.40. The van der Waals surface area contributed by atoms with Crippen molar-refractivity contribution in [3.05, 3.63) is 93.7 Å². The van der Waals surface area contributed by atoms with E-state index in [2.05, 4.69) is 10.4 Å². The Labute approximate surface area is 283 Å². The summed E-state index contributed by atoms with van der Waals surface area (Å²) in [5.41, 5.74) is 5.93. The van der Waals surface area contributed by atoms with Crippen molar-refractivity contribution in [3.63, 3.8) is 0 Å². The molecule has 5 rings (SSSR count). The Bertz CT molecular complexity index is 1760. The number of fused-ring (bicyclic) bond motifs is 1. The first-order chi connectivity index (χ1) is 22.7. The number of esters is 1. The Morgan fingerprint density at radius 3 is 2.64 bits per heavy atom. The van der Waals surface area contributed by atoms with E-state index in [0.717, 1.165) is 46.3 Å². The molecule has 2 amide bonds. The van der Waals surface area contributed by atoms with Crippen molar-refractivity contribution in [1.82, 2.24) is 9.78 Å². The summed E-state index contributed by atoms with van der Waals surface area (Å²) in [4.78, 5) is 38.7. The van der Waals surface area contributed by atoms with E-state index in [4.69, 9.17) is 37.4 Å². The van der Waals surface area contributed by atoms with E-state index in [9.17, 15) is 14.4 Å². The second kappa shape index (κ2) is 15.8. The summed E-state index contributed by atoms with van der Waals surface area (Å²) in [5, 5.41) is 8.53. The van der Waals surface area contributed by atoms with Gasteiger partial charge in [0.05, 0.1) is 31.5 Å². The van der Waals surface area contributed by atoms with Crippen molar-refractivity contribution in [2.75, 3.05) is 36.6 Å². The molecule has 47 heavy (non-hydrogen) atoms. The van der Waals surface area contributed by atoms with Gasteiger partial charge in [-0.3, -0.25) is 19.2 Å². The fourth-order valence-corrected chi connectivity index (χ4v) is 5.74. The molecule has 0 spiro atoms. The van der Waals surface area contributed by atoms with Crippen molar-refractivity contribution in [3.8, 4) is 16.9 Å². The Hall–Kier alpha value is -4.54. The zero-order valence-electron chi connectivity index (χ0n) is 26.3.